The van der Waals surface area contributed by atoms with Gasteiger partial charge in [-0.15, -0.1) is 0 Å². The molecule has 27 heavy (non-hydrogen) atoms. The van der Waals surface area contributed by atoms with Crippen LogP contribution in [0.4, 0.5) is 0 Å². The second-order valence-electron chi connectivity index (χ2n) is 7.66. The largest absolute Gasteiger partial charge is 0.497 e. The molecular formula is C21H34N4O2. The molecule has 0 bridgehead atoms. The lowest BCUT2D eigenvalue weighted by atomic mass is 9.79. The molecule has 1 aromatic carbocycles. The first-order chi connectivity index (χ1) is 13.2. The number of ether oxygens (including phenoxy) is 2. The van der Waals surface area contributed by atoms with Crippen molar-refractivity contribution in [3.05, 3.63) is 29.8 Å². The minimum absolute atomic E-state index is 0.0919. The highest BCUT2D eigenvalue weighted by Crippen LogP contribution is 2.42. The van der Waals surface area contributed by atoms with Gasteiger partial charge < -0.3 is 20.5 Å². The van der Waals surface area contributed by atoms with E-state index in [1.165, 1.54) is 18.4 Å². The van der Waals surface area contributed by atoms with Crippen molar-refractivity contribution in [1.82, 2.24) is 10.2 Å². The topological polar surface area (TPSA) is 72.1 Å². The van der Waals surface area contributed by atoms with Crippen molar-refractivity contribution in [2.45, 2.75) is 37.5 Å². The van der Waals surface area contributed by atoms with Crippen LogP contribution in [0.25, 0.3) is 0 Å². The van der Waals surface area contributed by atoms with Gasteiger partial charge in [-0.2, -0.15) is 0 Å². The second-order valence-corrected chi connectivity index (χ2v) is 7.66. The molecule has 1 aliphatic carbocycles. The average Bonchev–Trinajstić information content (AvgIpc) is 3.21. The molecule has 0 radical (unpaired) electrons. The summed E-state index contributed by atoms with van der Waals surface area (Å²) in [6, 6.07) is 8.44. The van der Waals surface area contributed by atoms with E-state index in [0.717, 1.165) is 70.9 Å². The Morgan fingerprint density at radius 1 is 1.30 bits per heavy atom. The predicted molar refractivity (Wildman–Crippen MR) is 110 cm³/mol. The van der Waals surface area contributed by atoms with E-state index in [4.69, 9.17) is 20.2 Å². The van der Waals surface area contributed by atoms with Crippen LogP contribution >= 0.6 is 0 Å². The van der Waals surface area contributed by atoms with Crippen LogP contribution < -0.4 is 15.8 Å². The Balaban J connectivity index is 1.50. The number of guanidine groups is 1. The summed E-state index contributed by atoms with van der Waals surface area (Å²) >= 11 is 0. The molecule has 1 aromatic rings. The molecule has 0 aromatic heterocycles. The van der Waals surface area contributed by atoms with Crippen LogP contribution in [0, 0.1) is 0 Å². The van der Waals surface area contributed by atoms with Crippen molar-refractivity contribution >= 4 is 5.96 Å². The lowest BCUT2D eigenvalue weighted by molar-refractivity contribution is 0.0376. The molecule has 150 valence electrons. The maximum absolute atomic E-state index is 6.14. The van der Waals surface area contributed by atoms with E-state index in [1.54, 1.807) is 7.11 Å². The van der Waals surface area contributed by atoms with E-state index in [0.29, 0.717) is 5.96 Å². The van der Waals surface area contributed by atoms with Gasteiger partial charge in [0.05, 0.1) is 26.9 Å². The summed E-state index contributed by atoms with van der Waals surface area (Å²) in [5, 5.41) is 3.28. The van der Waals surface area contributed by atoms with Crippen LogP contribution in [0.2, 0.25) is 0 Å². The summed E-state index contributed by atoms with van der Waals surface area (Å²) in [6.45, 7) is 6.45. The molecule has 1 aliphatic heterocycles. The number of rotatable bonds is 8. The summed E-state index contributed by atoms with van der Waals surface area (Å²) in [4.78, 5) is 7.14. The van der Waals surface area contributed by atoms with Crippen molar-refractivity contribution in [3.8, 4) is 5.75 Å². The molecule has 3 rings (SSSR count). The summed E-state index contributed by atoms with van der Waals surface area (Å²) in [5.41, 5.74) is 7.56. The average molecular weight is 375 g/mol. The summed E-state index contributed by atoms with van der Waals surface area (Å²) in [7, 11) is 1.72. The van der Waals surface area contributed by atoms with Crippen LogP contribution in [-0.4, -0.2) is 63.9 Å². The Kier molecular flexibility index (Phi) is 7.35. The first-order valence-electron chi connectivity index (χ1n) is 10.2. The maximum Gasteiger partial charge on any atom is 0.188 e. The zero-order chi connectivity index (χ0) is 19.0. The predicted octanol–water partition coefficient (Wildman–Crippen LogP) is 2.13. The highest BCUT2D eigenvalue weighted by Gasteiger charge is 2.35. The second kappa shape index (κ2) is 9.95. The zero-order valence-electron chi connectivity index (χ0n) is 16.6. The number of nitrogens with two attached hydrogens (primary N) is 1. The number of hydrogen-bond acceptors (Lipinski definition) is 4. The van der Waals surface area contributed by atoms with Crippen molar-refractivity contribution in [1.29, 1.82) is 0 Å². The highest BCUT2D eigenvalue weighted by atomic mass is 16.5. The van der Waals surface area contributed by atoms with Crippen LogP contribution in [0.15, 0.2) is 29.3 Å². The van der Waals surface area contributed by atoms with Gasteiger partial charge in [0, 0.05) is 25.0 Å². The zero-order valence-corrected chi connectivity index (χ0v) is 16.6. The molecule has 6 heteroatoms. The monoisotopic (exact) mass is 374 g/mol. The fraction of sp³-hybridized carbons (Fsp3) is 0.667. The number of aliphatic imine (C=N–C) groups is 1. The van der Waals surface area contributed by atoms with Gasteiger partial charge >= 0.3 is 0 Å². The highest BCUT2D eigenvalue weighted by molar-refractivity contribution is 5.77. The molecule has 0 atom stereocenters. The molecule has 0 amide bonds. The third-order valence-electron chi connectivity index (χ3n) is 5.86. The van der Waals surface area contributed by atoms with Crippen molar-refractivity contribution in [3.63, 3.8) is 0 Å². The van der Waals surface area contributed by atoms with Gasteiger partial charge in [-0.05, 0) is 43.5 Å². The van der Waals surface area contributed by atoms with Crippen LogP contribution in [-0.2, 0) is 10.2 Å². The molecule has 1 saturated heterocycles. The van der Waals surface area contributed by atoms with E-state index in [2.05, 4.69) is 28.4 Å². The minimum atomic E-state index is 0.0919. The Morgan fingerprint density at radius 2 is 2.07 bits per heavy atom. The van der Waals surface area contributed by atoms with Crippen LogP contribution in [0.3, 0.4) is 0 Å². The number of benzene rings is 1. The van der Waals surface area contributed by atoms with Crippen molar-refractivity contribution in [2.24, 2.45) is 10.7 Å². The van der Waals surface area contributed by atoms with Crippen molar-refractivity contribution in [2.75, 3.05) is 53.0 Å². The quantitative estimate of drug-likeness (QED) is 0.414. The number of hydrogen-bond donors (Lipinski definition) is 2. The fourth-order valence-corrected chi connectivity index (χ4v) is 4.18. The van der Waals surface area contributed by atoms with Crippen LogP contribution in [0.1, 0.15) is 37.7 Å². The lowest BCUT2D eigenvalue weighted by Gasteiger charge is -2.28. The van der Waals surface area contributed by atoms with Gasteiger partial charge in [0.2, 0.25) is 0 Å². The molecule has 2 aliphatic rings. The molecule has 6 nitrogen and oxygen atoms in total. The minimum Gasteiger partial charge on any atom is -0.497 e. The van der Waals surface area contributed by atoms with Gasteiger partial charge in [-0.3, -0.25) is 9.89 Å². The Labute approximate surface area is 163 Å². The van der Waals surface area contributed by atoms with Gasteiger partial charge in [0.1, 0.15) is 5.75 Å². The molecule has 2 fully saturated rings. The van der Waals surface area contributed by atoms with Crippen molar-refractivity contribution < 1.29 is 9.47 Å². The standard InChI is InChI=1S/C21H34N4O2/c1-26-19-7-4-6-18(16-19)21(8-2-3-9-21)17-24-20(22)23-10-5-11-25-12-14-27-15-13-25/h4,6-7,16H,2-3,5,8-15,17H2,1H3,(H3,22,23,24). The summed E-state index contributed by atoms with van der Waals surface area (Å²) in [5.74, 6) is 1.48. The van der Waals surface area contributed by atoms with E-state index in [1.807, 2.05) is 6.07 Å². The number of nitrogens with one attached hydrogen (secondary N) is 1. The molecular weight excluding hydrogens is 340 g/mol. The third-order valence-corrected chi connectivity index (χ3v) is 5.86. The molecule has 3 N–H and O–H groups in total. The third kappa shape index (κ3) is 5.59. The maximum atomic E-state index is 6.14. The van der Waals surface area contributed by atoms with E-state index >= 15 is 0 Å². The Morgan fingerprint density at radius 3 is 2.81 bits per heavy atom. The molecule has 1 saturated carbocycles. The molecule has 0 spiro atoms. The normalized spacial score (nSPS) is 20.6. The van der Waals surface area contributed by atoms with Crippen LogP contribution in [0.5, 0.6) is 5.75 Å². The molecule has 1 heterocycles. The molecule has 0 unspecified atom stereocenters. The first-order valence-corrected chi connectivity index (χ1v) is 10.2. The van der Waals surface area contributed by atoms with Gasteiger partial charge in [-0.25, -0.2) is 0 Å². The van der Waals surface area contributed by atoms with E-state index in [-0.39, 0.29) is 5.41 Å². The van der Waals surface area contributed by atoms with Gasteiger partial charge in [-0.1, -0.05) is 25.0 Å². The number of nitrogens with zero attached hydrogens (tertiary/aromatic N) is 2. The summed E-state index contributed by atoms with van der Waals surface area (Å²) < 4.78 is 10.8. The fourth-order valence-electron chi connectivity index (χ4n) is 4.18. The van der Waals surface area contributed by atoms with Gasteiger partial charge in [0.25, 0.3) is 0 Å². The van der Waals surface area contributed by atoms with Gasteiger partial charge in [0.15, 0.2) is 5.96 Å². The number of morpholine rings is 1. The lowest BCUT2D eigenvalue weighted by Crippen LogP contribution is -2.39. The Hall–Kier alpha value is -1.79. The number of methoxy groups -OCH3 is 1. The first kappa shape index (κ1) is 20.0. The smallest absolute Gasteiger partial charge is 0.188 e. The Bertz CT molecular complexity index is 608. The SMILES string of the molecule is COc1cccc(C2(CN=C(N)NCCCN3CCOCC3)CCCC2)c1. The summed E-state index contributed by atoms with van der Waals surface area (Å²) in [6.07, 6.45) is 5.89. The van der Waals surface area contributed by atoms with E-state index < -0.39 is 0 Å². The van der Waals surface area contributed by atoms with E-state index in [9.17, 15) is 0 Å².